The van der Waals surface area contributed by atoms with E-state index in [1.807, 2.05) is 23.1 Å². The molecule has 38 heavy (non-hydrogen) atoms. The van der Waals surface area contributed by atoms with Gasteiger partial charge in [0.2, 0.25) is 0 Å². The van der Waals surface area contributed by atoms with Crippen LogP contribution >= 0.6 is 0 Å². The van der Waals surface area contributed by atoms with Crippen LogP contribution < -0.4 is 4.90 Å². The summed E-state index contributed by atoms with van der Waals surface area (Å²) in [7, 11) is 0. The lowest BCUT2D eigenvalue weighted by Crippen LogP contribution is -2.47. The summed E-state index contributed by atoms with van der Waals surface area (Å²) in [5.41, 5.74) is 4.74. The van der Waals surface area contributed by atoms with E-state index in [-0.39, 0.29) is 5.91 Å². The van der Waals surface area contributed by atoms with E-state index >= 15 is 0 Å². The van der Waals surface area contributed by atoms with Crippen LogP contribution in [0.25, 0.3) is 0 Å². The molecule has 1 amide bonds. The quantitative estimate of drug-likeness (QED) is 0.289. The van der Waals surface area contributed by atoms with Gasteiger partial charge < -0.3 is 9.80 Å². The highest BCUT2D eigenvalue weighted by Crippen LogP contribution is 2.29. The molecule has 0 N–H and O–H groups in total. The van der Waals surface area contributed by atoms with Crippen molar-refractivity contribution in [1.29, 1.82) is 0 Å². The number of rotatable bonds is 10. The fourth-order valence-corrected chi connectivity index (χ4v) is 6.19. The van der Waals surface area contributed by atoms with Crippen molar-refractivity contribution in [3.63, 3.8) is 0 Å². The molecular formula is C34H41N3O. The third-order valence-electron chi connectivity index (χ3n) is 8.32. The van der Waals surface area contributed by atoms with Gasteiger partial charge in [0, 0.05) is 55.9 Å². The molecular weight excluding hydrogens is 466 g/mol. The Morgan fingerprint density at radius 3 is 2.11 bits per heavy atom. The fraction of sp³-hybridized carbons (Fsp3) is 0.382. The van der Waals surface area contributed by atoms with E-state index in [9.17, 15) is 4.79 Å². The Bertz CT molecular complexity index is 1130. The van der Waals surface area contributed by atoms with Gasteiger partial charge in [-0.05, 0) is 55.1 Å². The summed E-state index contributed by atoms with van der Waals surface area (Å²) in [4.78, 5) is 20.5. The van der Waals surface area contributed by atoms with Crippen molar-refractivity contribution in [3.8, 4) is 0 Å². The maximum Gasteiger partial charge on any atom is 0.254 e. The van der Waals surface area contributed by atoms with Crippen molar-refractivity contribution in [2.24, 2.45) is 0 Å². The fourth-order valence-electron chi connectivity index (χ4n) is 6.19. The molecule has 4 heteroatoms. The summed E-state index contributed by atoms with van der Waals surface area (Å²) in [6, 6.07) is 30.4. The zero-order chi connectivity index (χ0) is 26.2. The third-order valence-corrected chi connectivity index (χ3v) is 8.32. The van der Waals surface area contributed by atoms with E-state index < -0.39 is 0 Å². The first kappa shape index (κ1) is 26.2. The molecule has 3 aromatic carbocycles. The highest BCUT2D eigenvalue weighted by atomic mass is 16.2. The predicted molar refractivity (Wildman–Crippen MR) is 158 cm³/mol. The van der Waals surface area contributed by atoms with Crippen LogP contribution in [-0.4, -0.2) is 61.0 Å². The predicted octanol–water partition coefficient (Wildman–Crippen LogP) is 6.60. The van der Waals surface area contributed by atoms with Crippen LogP contribution in [0.2, 0.25) is 0 Å². The summed E-state index contributed by atoms with van der Waals surface area (Å²) in [6.45, 7) is 9.66. The van der Waals surface area contributed by atoms with Gasteiger partial charge in [-0.2, -0.15) is 0 Å². The number of carbonyl (C=O) groups is 1. The Morgan fingerprint density at radius 2 is 1.50 bits per heavy atom. The van der Waals surface area contributed by atoms with E-state index in [0.717, 1.165) is 63.2 Å². The minimum atomic E-state index is 0.144. The van der Waals surface area contributed by atoms with Gasteiger partial charge in [0.25, 0.3) is 5.91 Å². The van der Waals surface area contributed by atoms with Crippen LogP contribution in [0.3, 0.4) is 0 Å². The maximum atomic E-state index is 13.4. The normalized spacial score (nSPS) is 16.6. The largest absolute Gasteiger partial charge is 0.369 e. The number of nitrogens with zero attached hydrogens (tertiary/aromatic N) is 3. The lowest BCUT2D eigenvalue weighted by atomic mass is 9.88. The lowest BCUT2D eigenvalue weighted by molar-refractivity contribution is 0.0706. The monoisotopic (exact) mass is 507 g/mol. The van der Waals surface area contributed by atoms with Crippen LogP contribution in [0.1, 0.15) is 59.5 Å². The van der Waals surface area contributed by atoms with Crippen molar-refractivity contribution in [3.05, 3.63) is 114 Å². The molecule has 0 radical (unpaired) electrons. The molecule has 1 saturated carbocycles. The first-order chi connectivity index (χ1) is 18.7. The van der Waals surface area contributed by atoms with Crippen LogP contribution in [0.4, 0.5) is 5.69 Å². The van der Waals surface area contributed by atoms with Gasteiger partial charge in [-0.1, -0.05) is 85.6 Å². The standard InChI is InChI=1S/C34H41N3O/c1-2-21-37(31-17-9-10-18-31)34(38)30-16-11-19-32(27-30)36-25-23-35(24-26-36)22-20-33(28-12-5-3-6-13-28)29-14-7-4-8-15-29/h2-8,11-16,19,27,31,33H,1,9-10,17-18,20-26H2. The SMILES string of the molecule is C=CCN(C(=O)c1cccc(N2CCN(CCC(c3ccccc3)c3ccccc3)CC2)c1)C1CCCC1. The Kier molecular flexibility index (Phi) is 8.93. The zero-order valence-corrected chi connectivity index (χ0v) is 22.6. The molecule has 1 aliphatic carbocycles. The van der Waals surface area contributed by atoms with Crippen molar-refractivity contribution in [2.45, 2.75) is 44.1 Å². The van der Waals surface area contributed by atoms with Crippen molar-refractivity contribution in [1.82, 2.24) is 9.80 Å². The molecule has 0 spiro atoms. The van der Waals surface area contributed by atoms with E-state index in [1.165, 1.54) is 24.0 Å². The van der Waals surface area contributed by atoms with Gasteiger partial charge in [0.15, 0.2) is 0 Å². The molecule has 2 fully saturated rings. The van der Waals surface area contributed by atoms with Crippen molar-refractivity contribution < 1.29 is 4.79 Å². The Hall–Kier alpha value is -3.37. The molecule has 1 saturated heterocycles. The average Bonchev–Trinajstić information content (AvgIpc) is 3.52. The topological polar surface area (TPSA) is 26.8 Å². The number of hydrogen-bond donors (Lipinski definition) is 0. The van der Waals surface area contributed by atoms with Crippen LogP contribution in [0, 0.1) is 0 Å². The molecule has 0 unspecified atom stereocenters. The second-order valence-corrected chi connectivity index (χ2v) is 10.7. The molecule has 1 aliphatic heterocycles. The second kappa shape index (κ2) is 12.9. The summed E-state index contributed by atoms with van der Waals surface area (Å²) in [5, 5.41) is 0. The van der Waals surface area contributed by atoms with Gasteiger partial charge in [-0.15, -0.1) is 6.58 Å². The zero-order valence-electron chi connectivity index (χ0n) is 22.6. The van der Waals surface area contributed by atoms with Gasteiger partial charge >= 0.3 is 0 Å². The summed E-state index contributed by atoms with van der Waals surface area (Å²) in [5.74, 6) is 0.557. The van der Waals surface area contributed by atoms with Gasteiger partial charge in [0.1, 0.15) is 0 Å². The number of amides is 1. The highest BCUT2D eigenvalue weighted by Gasteiger charge is 2.27. The minimum absolute atomic E-state index is 0.144. The molecule has 4 nitrogen and oxygen atoms in total. The van der Waals surface area contributed by atoms with Gasteiger partial charge in [-0.25, -0.2) is 0 Å². The number of anilines is 1. The Balaban J connectivity index is 1.19. The number of benzene rings is 3. The number of hydrogen-bond acceptors (Lipinski definition) is 3. The highest BCUT2D eigenvalue weighted by molar-refractivity contribution is 5.95. The number of piperazine rings is 1. The van der Waals surface area contributed by atoms with Crippen molar-refractivity contribution in [2.75, 3.05) is 44.2 Å². The summed E-state index contributed by atoms with van der Waals surface area (Å²) in [6.07, 6.45) is 7.62. The number of carbonyl (C=O) groups excluding carboxylic acids is 1. The molecule has 0 bridgehead atoms. The molecule has 3 aromatic rings. The first-order valence-electron chi connectivity index (χ1n) is 14.3. The Morgan fingerprint density at radius 1 is 0.868 bits per heavy atom. The smallest absolute Gasteiger partial charge is 0.254 e. The average molecular weight is 508 g/mol. The van der Waals surface area contributed by atoms with E-state index in [4.69, 9.17) is 0 Å². The minimum Gasteiger partial charge on any atom is -0.369 e. The van der Waals surface area contributed by atoms with Crippen LogP contribution in [-0.2, 0) is 0 Å². The van der Waals surface area contributed by atoms with E-state index in [2.05, 4.69) is 89.2 Å². The molecule has 0 atom stereocenters. The maximum absolute atomic E-state index is 13.4. The summed E-state index contributed by atoms with van der Waals surface area (Å²) >= 11 is 0. The van der Waals surface area contributed by atoms with E-state index in [1.54, 1.807) is 0 Å². The lowest BCUT2D eigenvalue weighted by Gasteiger charge is -2.37. The van der Waals surface area contributed by atoms with Crippen molar-refractivity contribution >= 4 is 11.6 Å². The molecule has 2 aliphatic rings. The molecule has 198 valence electrons. The van der Waals surface area contributed by atoms with Gasteiger partial charge in [0.05, 0.1) is 0 Å². The van der Waals surface area contributed by atoms with E-state index in [0.29, 0.717) is 18.5 Å². The molecule has 0 aromatic heterocycles. The summed E-state index contributed by atoms with van der Waals surface area (Å²) < 4.78 is 0. The third kappa shape index (κ3) is 6.36. The Labute approximate surface area is 228 Å². The van der Waals surface area contributed by atoms with Gasteiger partial charge in [-0.3, -0.25) is 9.69 Å². The van der Waals surface area contributed by atoms with Crippen LogP contribution in [0.15, 0.2) is 97.6 Å². The molecule has 1 heterocycles. The first-order valence-corrected chi connectivity index (χ1v) is 14.3. The van der Waals surface area contributed by atoms with Crippen LogP contribution in [0.5, 0.6) is 0 Å². The second-order valence-electron chi connectivity index (χ2n) is 10.7. The molecule has 5 rings (SSSR count).